The first-order chi connectivity index (χ1) is 20.1. The van der Waals surface area contributed by atoms with Gasteiger partial charge >= 0.3 is 30.1 Å². The molecule has 0 radical (unpaired) electrons. The lowest BCUT2D eigenvalue weighted by Gasteiger charge is -2.44. The Bertz CT molecular complexity index is 922. The summed E-state index contributed by atoms with van der Waals surface area (Å²) in [7, 11) is 0. The van der Waals surface area contributed by atoms with Gasteiger partial charge in [0.2, 0.25) is 5.91 Å². The van der Waals surface area contributed by atoms with Crippen molar-refractivity contribution in [1.29, 1.82) is 0 Å². The summed E-state index contributed by atoms with van der Waals surface area (Å²) in [5.41, 5.74) is 5.22. The second-order valence-corrected chi connectivity index (χ2v) is 8.83. The molecular formula is C24H37F3N2O14. The van der Waals surface area contributed by atoms with Crippen LogP contribution in [0.2, 0.25) is 0 Å². The van der Waals surface area contributed by atoms with Crippen LogP contribution in [-0.2, 0) is 66.6 Å². The first kappa shape index (κ1) is 37.9. The maximum absolute atomic E-state index is 12.1. The summed E-state index contributed by atoms with van der Waals surface area (Å²) in [4.78, 5) is 57.6. The quantitative estimate of drug-likeness (QED) is 0.0811. The van der Waals surface area contributed by atoms with E-state index >= 15 is 0 Å². The Morgan fingerprint density at radius 1 is 0.814 bits per heavy atom. The van der Waals surface area contributed by atoms with Crippen molar-refractivity contribution < 1.29 is 79.8 Å². The minimum Gasteiger partial charge on any atom is -0.463 e. The Morgan fingerprint density at radius 2 is 1.35 bits per heavy atom. The van der Waals surface area contributed by atoms with Gasteiger partial charge in [-0.3, -0.25) is 24.9 Å². The number of nitrogens with two attached hydrogens (primary N) is 1. The number of nitrogens with one attached hydrogen (secondary N) is 1. The molecule has 0 bridgehead atoms. The summed E-state index contributed by atoms with van der Waals surface area (Å²) >= 11 is 0. The summed E-state index contributed by atoms with van der Waals surface area (Å²) in [5.74, 6) is -5.07. The number of hydrogen-bond donors (Lipinski definition) is 2. The first-order valence-electron chi connectivity index (χ1n) is 12.9. The van der Waals surface area contributed by atoms with Gasteiger partial charge in [-0.1, -0.05) is 0 Å². The highest BCUT2D eigenvalue weighted by Crippen LogP contribution is 2.28. The molecule has 0 aromatic rings. The summed E-state index contributed by atoms with van der Waals surface area (Å²) in [5, 5.41) is 2.56. The molecule has 43 heavy (non-hydrogen) atoms. The Balaban J connectivity index is 2.54. The van der Waals surface area contributed by atoms with Gasteiger partial charge in [0.25, 0.3) is 0 Å². The molecular weight excluding hydrogens is 597 g/mol. The molecule has 19 heteroatoms. The fraction of sp³-hybridized carbons (Fsp3) is 0.792. The number of esters is 4. The van der Waals surface area contributed by atoms with Gasteiger partial charge in [0.05, 0.1) is 46.2 Å². The fourth-order valence-electron chi connectivity index (χ4n) is 3.53. The lowest BCUT2D eigenvalue weighted by molar-refractivity contribution is -0.279. The molecule has 1 heterocycles. The molecule has 1 aliphatic rings. The first-order valence-corrected chi connectivity index (χ1v) is 12.9. The highest BCUT2D eigenvalue weighted by molar-refractivity contribution is 5.75. The van der Waals surface area contributed by atoms with Gasteiger partial charge in [0, 0.05) is 27.7 Å². The molecule has 1 saturated heterocycles. The SMILES string of the molecule is CC(=O)N[C@H]1[C@H](OCCOCCOCCOCC(N)OC(=O)C(F)(F)F)O[C@H](COC(C)=O)[C@H](OC(C)=O)[C@@H]1OC(C)=O. The minimum absolute atomic E-state index is 0.0200. The third-order valence-corrected chi connectivity index (χ3v) is 5.10. The summed E-state index contributed by atoms with van der Waals surface area (Å²) in [6, 6.07) is -1.12. The van der Waals surface area contributed by atoms with Crippen molar-refractivity contribution in [3.63, 3.8) is 0 Å². The maximum atomic E-state index is 12.1. The van der Waals surface area contributed by atoms with E-state index in [1.165, 1.54) is 6.92 Å². The average Bonchev–Trinajstić information content (AvgIpc) is 2.87. The van der Waals surface area contributed by atoms with Gasteiger partial charge in [-0.25, -0.2) is 4.79 Å². The van der Waals surface area contributed by atoms with E-state index in [-0.39, 0.29) is 46.2 Å². The normalized spacial score (nSPS) is 22.7. The Kier molecular flexibility index (Phi) is 17.0. The van der Waals surface area contributed by atoms with Crippen molar-refractivity contribution in [2.24, 2.45) is 5.73 Å². The summed E-state index contributed by atoms with van der Waals surface area (Å²) < 4.78 is 83.1. The zero-order valence-corrected chi connectivity index (χ0v) is 24.0. The average molecular weight is 635 g/mol. The third-order valence-electron chi connectivity index (χ3n) is 5.10. The number of carbonyl (C=O) groups is 5. The topological polar surface area (TPSA) is 206 Å². The van der Waals surface area contributed by atoms with Crippen molar-refractivity contribution in [3.8, 4) is 0 Å². The molecule has 1 aliphatic heterocycles. The zero-order valence-electron chi connectivity index (χ0n) is 24.0. The van der Waals surface area contributed by atoms with Gasteiger partial charge in [-0.05, 0) is 0 Å². The fourth-order valence-corrected chi connectivity index (χ4v) is 3.53. The molecule has 0 aliphatic carbocycles. The predicted molar refractivity (Wildman–Crippen MR) is 133 cm³/mol. The Labute approximate surface area is 244 Å². The van der Waals surface area contributed by atoms with E-state index in [0.29, 0.717) is 0 Å². The summed E-state index contributed by atoms with van der Waals surface area (Å²) in [6.45, 7) is 3.91. The number of halogens is 3. The van der Waals surface area contributed by atoms with Crippen LogP contribution < -0.4 is 11.1 Å². The van der Waals surface area contributed by atoms with Gasteiger partial charge in [-0.15, -0.1) is 0 Å². The Morgan fingerprint density at radius 3 is 1.86 bits per heavy atom. The van der Waals surface area contributed by atoms with E-state index in [0.717, 1.165) is 20.8 Å². The van der Waals surface area contributed by atoms with Crippen molar-refractivity contribution in [2.75, 3.05) is 52.9 Å². The standard InChI is InChI=1S/C24H37F3N2O14/c1-13(30)29-19-21(41-16(4)33)20(40-15(3)32)17(11-39-14(2)31)42-22(19)38-10-9-36-6-5-35-7-8-37-12-18(28)43-23(34)24(25,26)27/h17-22H,5-12,28H2,1-4H3,(H,29,30)/t17-,18?,19-,20+,21-,22-/m1/s1. The number of hydrogen-bond acceptors (Lipinski definition) is 15. The molecule has 3 N–H and O–H groups in total. The monoisotopic (exact) mass is 634 g/mol. The largest absolute Gasteiger partial charge is 0.490 e. The summed E-state index contributed by atoms with van der Waals surface area (Å²) in [6.07, 6.45) is -11.6. The molecule has 6 atom stereocenters. The molecule has 0 aromatic carbocycles. The molecule has 1 unspecified atom stereocenters. The van der Waals surface area contributed by atoms with Crippen LogP contribution in [0.4, 0.5) is 13.2 Å². The number of amides is 1. The van der Waals surface area contributed by atoms with E-state index in [1.807, 2.05) is 0 Å². The maximum Gasteiger partial charge on any atom is 0.490 e. The van der Waals surface area contributed by atoms with Crippen LogP contribution in [0.3, 0.4) is 0 Å². The van der Waals surface area contributed by atoms with Crippen molar-refractivity contribution >= 4 is 29.8 Å². The van der Waals surface area contributed by atoms with Crippen molar-refractivity contribution in [3.05, 3.63) is 0 Å². The number of carbonyl (C=O) groups excluding carboxylic acids is 5. The van der Waals surface area contributed by atoms with E-state index in [2.05, 4.69) is 10.1 Å². The zero-order chi connectivity index (χ0) is 32.6. The highest BCUT2D eigenvalue weighted by atomic mass is 19.4. The van der Waals surface area contributed by atoms with Crippen LogP contribution in [-0.4, -0.2) is 126 Å². The van der Waals surface area contributed by atoms with E-state index in [9.17, 15) is 37.1 Å². The van der Waals surface area contributed by atoms with Crippen LogP contribution in [0.1, 0.15) is 27.7 Å². The van der Waals surface area contributed by atoms with E-state index < -0.39 is 79.4 Å². The van der Waals surface area contributed by atoms with E-state index in [1.54, 1.807) is 0 Å². The van der Waals surface area contributed by atoms with Gasteiger partial charge < -0.3 is 47.9 Å². The van der Waals surface area contributed by atoms with Crippen LogP contribution in [0.5, 0.6) is 0 Å². The molecule has 0 spiro atoms. The molecule has 0 aromatic heterocycles. The van der Waals surface area contributed by atoms with E-state index in [4.69, 9.17) is 43.6 Å². The Hall–Kier alpha value is -3.10. The molecule has 1 fully saturated rings. The molecule has 248 valence electrons. The highest BCUT2D eigenvalue weighted by Gasteiger charge is 2.51. The van der Waals surface area contributed by atoms with Crippen LogP contribution in [0, 0.1) is 0 Å². The second-order valence-electron chi connectivity index (χ2n) is 8.83. The molecule has 1 rings (SSSR count). The van der Waals surface area contributed by atoms with Gasteiger partial charge in [0.15, 0.2) is 24.7 Å². The molecule has 1 amide bonds. The number of ether oxygens (including phenoxy) is 9. The van der Waals surface area contributed by atoms with Crippen LogP contribution >= 0.6 is 0 Å². The van der Waals surface area contributed by atoms with Crippen LogP contribution in [0.25, 0.3) is 0 Å². The van der Waals surface area contributed by atoms with Crippen LogP contribution in [0.15, 0.2) is 0 Å². The lowest BCUT2D eigenvalue weighted by atomic mass is 9.96. The third kappa shape index (κ3) is 15.8. The van der Waals surface area contributed by atoms with Crippen molar-refractivity contribution in [2.45, 2.75) is 70.7 Å². The molecule has 0 saturated carbocycles. The number of alkyl halides is 3. The van der Waals surface area contributed by atoms with Gasteiger partial charge in [-0.2, -0.15) is 13.2 Å². The van der Waals surface area contributed by atoms with Crippen molar-refractivity contribution in [1.82, 2.24) is 5.32 Å². The lowest BCUT2D eigenvalue weighted by Crippen LogP contribution is -2.66. The van der Waals surface area contributed by atoms with Gasteiger partial charge in [0.1, 0.15) is 18.8 Å². The second kappa shape index (κ2) is 19.2. The minimum atomic E-state index is -5.16. The smallest absolute Gasteiger partial charge is 0.463 e. The number of rotatable bonds is 18. The molecule has 16 nitrogen and oxygen atoms in total. The predicted octanol–water partition coefficient (Wildman–Crippen LogP) is -0.901.